The highest BCUT2D eigenvalue weighted by Crippen LogP contribution is 2.26. The van der Waals surface area contributed by atoms with Crippen LogP contribution in [0.15, 0.2) is 30.3 Å². The second kappa shape index (κ2) is 5.95. The molecule has 2 aliphatic rings. The van der Waals surface area contributed by atoms with E-state index in [1.165, 1.54) is 0 Å². The van der Waals surface area contributed by atoms with Gasteiger partial charge in [-0.05, 0) is 24.8 Å². The minimum Gasteiger partial charge on any atom is -0.368 e. The number of nitrogens with zero attached hydrogens (tertiary/aromatic N) is 1. The van der Waals surface area contributed by atoms with Crippen molar-refractivity contribution in [3.8, 4) is 0 Å². The number of Topliss-reactive ketones (excluding diaryl/α,β-unsaturated/α-hetero) is 1. The van der Waals surface area contributed by atoms with Gasteiger partial charge in [-0.15, -0.1) is 0 Å². The zero-order valence-electron chi connectivity index (χ0n) is 11.9. The molecule has 0 aromatic heterocycles. The second-order valence-corrected chi connectivity index (χ2v) is 5.73. The number of hydrogen-bond donors (Lipinski definition) is 1. The highest BCUT2D eigenvalue weighted by atomic mass is 16.5. The predicted molar refractivity (Wildman–Crippen MR) is 77.6 cm³/mol. The topological polar surface area (TPSA) is 72.6 Å². The lowest BCUT2D eigenvalue weighted by atomic mass is 9.96. The maximum Gasteiger partial charge on any atom is 0.240 e. The highest BCUT2D eigenvalue weighted by molar-refractivity contribution is 5.93. The van der Waals surface area contributed by atoms with Crippen LogP contribution in [-0.4, -0.2) is 47.9 Å². The van der Waals surface area contributed by atoms with Crippen molar-refractivity contribution < 1.29 is 14.3 Å². The van der Waals surface area contributed by atoms with E-state index in [2.05, 4.69) is 0 Å². The lowest BCUT2D eigenvalue weighted by Gasteiger charge is -2.36. The Bertz CT molecular complexity index is 532. The zero-order valence-corrected chi connectivity index (χ0v) is 11.9. The predicted octanol–water partition coefficient (Wildman–Crippen LogP) is 0.515. The molecular weight excluding hydrogens is 268 g/mol. The van der Waals surface area contributed by atoms with E-state index in [4.69, 9.17) is 10.5 Å². The molecule has 2 heterocycles. The van der Waals surface area contributed by atoms with Gasteiger partial charge in [-0.2, -0.15) is 0 Å². The van der Waals surface area contributed by atoms with Gasteiger partial charge in [-0.3, -0.25) is 9.59 Å². The zero-order chi connectivity index (χ0) is 14.8. The Morgan fingerprint density at radius 2 is 2.14 bits per heavy atom. The molecule has 0 aliphatic carbocycles. The summed E-state index contributed by atoms with van der Waals surface area (Å²) < 4.78 is 5.46. The molecule has 112 valence electrons. The van der Waals surface area contributed by atoms with Gasteiger partial charge in [0.05, 0.1) is 12.1 Å². The van der Waals surface area contributed by atoms with E-state index < -0.39 is 12.1 Å². The van der Waals surface area contributed by atoms with Crippen LogP contribution in [0.4, 0.5) is 0 Å². The van der Waals surface area contributed by atoms with E-state index in [-0.39, 0.29) is 24.4 Å². The maximum atomic E-state index is 12.6. The number of ether oxygens (including phenoxy) is 1. The molecule has 0 radical (unpaired) electrons. The van der Waals surface area contributed by atoms with Gasteiger partial charge in [0, 0.05) is 6.54 Å². The number of likely N-dealkylation sites (tertiary alicyclic amines) is 1. The Kier molecular flexibility index (Phi) is 4.03. The average Bonchev–Trinajstić information content (AvgIpc) is 2.89. The maximum absolute atomic E-state index is 12.6. The number of piperidine rings is 1. The highest BCUT2D eigenvalue weighted by Gasteiger charge is 2.45. The summed E-state index contributed by atoms with van der Waals surface area (Å²) in [5.74, 6) is -0.146. The van der Waals surface area contributed by atoms with Gasteiger partial charge in [-0.25, -0.2) is 0 Å². The van der Waals surface area contributed by atoms with Gasteiger partial charge in [0.2, 0.25) is 5.91 Å². The summed E-state index contributed by atoms with van der Waals surface area (Å²) in [6.45, 7) is 0.713. The van der Waals surface area contributed by atoms with Crippen molar-refractivity contribution in [3.05, 3.63) is 35.9 Å². The van der Waals surface area contributed by atoms with Crippen LogP contribution in [0, 0.1) is 0 Å². The largest absolute Gasteiger partial charge is 0.368 e. The molecule has 0 saturated carbocycles. The van der Waals surface area contributed by atoms with Crippen LogP contribution < -0.4 is 5.73 Å². The molecule has 2 N–H and O–H groups in total. The van der Waals surface area contributed by atoms with Crippen molar-refractivity contribution in [3.63, 3.8) is 0 Å². The quantitative estimate of drug-likeness (QED) is 0.880. The first kappa shape index (κ1) is 14.2. The first-order valence-electron chi connectivity index (χ1n) is 7.41. The lowest BCUT2D eigenvalue weighted by molar-refractivity contribution is -0.141. The molecule has 0 spiro atoms. The van der Waals surface area contributed by atoms with Gasteiger partial charge in [0.1, 0.15) is 12.6 Å². The third-order valence-electron chi connectivity index (χ3n) is 4.24. The van der Waals surface area contributed by atoms with Crippen molar-refractivity contribution in [2.24, 2.45) is 5.73 Å². The molecule has 1 aromatic rings. The van der Waals surface area contributed by atoms with E-state index in [1.54, 1.807) is 4.90 Å². The van der Waals surface area contributed by atoms with Crippen LogP contribution in [0.5, 0.6) is 0 Å². The molecule has 5 heteroatoms. The molecule has 2 fully saturated rings. The first-order valence-corrected chi connectivity index (χ1v) is 7.41. The Morgan fingerprint density at radius 1 is 1.38 bits per heavy atom. The Morgan fingerprint density at radius 3 is 2.90 bits per heavy atom. The summed E-state index contributed by atoms with van der Waals surface area (Å²) in [6.07, 6.45) is 2.05. The molecule has 1 amide bonds. The molecule has 21 heavy (non-hydrogen) atoms. The average molecular weight is 288 g/mol. The fraction of sp³-hybridized carbons (Fsp3) is 0.500. The Balaban J connectivity index is 1.70. The Hall–Kier alpha value is -1.72. The van der Waals surface area contributed by atoms with Gasteiger partial charge in [-0.1, -0.05) is 30.3 Å². The number of nitrogens with two attached hydrogens (primary N) is 1. The minimum atomic E-state index is -0.612. The molecule has 3 rings (SSSR count). The fourth-order valence-corrected chi connectivity index (χ4v) is 3.21. The number of fused-ring (bicyclic) bond motifs is 1. The van der Waals surface area contributed by atoms with Crippen molar-refractivity contribution in [2.75, 3.05) is 13.2 Å². The van der Waals surface area contributed by atoms with Crippen molar-refractivity contribution in [2.45, 2.75) is 37.5 Å². The summed E-state index contributed by atoms with van der Waals surface area (Å²) >= 11 is 0. The van der Waals surface area contributed by atoms with Gasteiger partial charge < -0.3 is 15.4 Å². The van der Waals surface area contributed by atoms with Crippen LogP contribution in [0.2, 0.25) is 0 Å². The molecular formula is C16H20N2O3. The van der Waals surface area contributed by atoms with Crippen LogP contribution in [0.3, 0.4) is 0 Å². The Labute approximate surface area is 124 Å². The van der Waals surface area contributed by atoms with Gasteiger partial charge >= 0.3 is 0 Å². The van der Waals surface area contributed by atoms with Crippen LogP contribution in [0.25, 0.3) is 0 Å². The molecule has 2 aliphatic heterocycles. The summed E-state index contributed by atoms with van der Waals surface area (Å²) in [7, 11) is 0. The number of rotatable bonds is 3. The van der Waals surface area contributed by atoms with Crippen molar-refractivity contribution in [1.82, 2.24) is 4.90 Å². The van der Waals surface area contributed by atoms with Gasteiger partial charge in [0.25, 0.3) is 0 Å². The smallest absolute Gasteiger partial charge is 0.240 e. The molecule has 1 aromatic carbocycles. The number of hydrogen-bond acceptors (Lipinski definition) is 4. The summed E-state index contributed by atoms with van der Waals surface area (Å²) in [6, 6.07) is 8.66. The van der Waals surface area contributed by atoms with E-state index >= 15 is 0 Å². The SMILES string of the molecule is NC(Cc1ccccc1)C(=O)N1CCCC2OCC(=O)C21. The standard InChI is InChI=1S/C16H20N2O3/c17-12(9-11-5-2-1-3-6-11)16(20)18-8-4-7-14-15(18)13(19)10-21-14/h1-3,5-6,12,14-15H,4,7-10,17H2. The number of carbonyl (C=O) groups is 2. The second-order valence-electron chi connectivity index (χ2n) is 5.73. The van der Waals surface area contributed by atoms with E-state index in [1.807, 2.05) is 30.3 Å². The molecule has 3 atom stereocenters. The third kappa shape index (κ3) is 2.84. The summed E-state index contributed by atoms with van der Waals surface area (Å²) in [5.41, 5.74) is 7.09. The van der Waals surface area contributed by atoms with Crippen molar-refractivity contribution >= 4 is 11.7 Å². The summed E-state index contributed by atoms with van der Waals surface area (Å²) in [5, 5.41) is 0. The normalized spacial score (nSPS) is 26.5. The van der Waals surface area contributed by atoms with E-state index in [9.17, 15) is 9.59 Å². The first-order chi connectivity index (χ1) is 10.2. The third-order valence-corrected chi connectivity index (χ3v) is 4.24. The van der Waals surface area contributed by atoms with Crippen molar-refractivity contribution in [1.29, 1.82) is 0 Å². The fourth-order valence-electron chi connectivity index (χ4n) is 3.21. The van der Waals surface area contributed by atoms with E-state index in [0.29, 0.717) is 13.0 Å². The van der Waals surface area contributed by atoms with Gasteiger partial charge in [0.15, 0.2) is 5.78 Å². The van der Waals surface area contributed by atoms with Crippen LogP contribution in [0.1, 0.15) is 18.4 Å². The minimum absolute atomic E-state index is 0.0000360. The molecule has 2 saturated heterocycles. The van der Waals surface area contributed by atoms with Crippen LogP contribution >= 0.6 is 0 Å². The number of ketones is 1. The number of benzene rings is 1. The molecule has 0 bridgehead atoms. The van der Waals surface area contributed by atoms with E-state index in [0.717, 1.165) is 18.4 Å². The number of carbonyl (C=O) groups excluding carboxylic acids is 2. The monoisotopic (exact) mass is 288 g/mol. The molecule has 5 nitrogen and oxygen atoms in total. The number of amides is 1. The van der Waals surface area contributed by atoms with Crippen LogP contribution in [-0.2, 0) is 20.7 Å². The lowest BCUT2D eigenvalue weighted by Crippen LogP contribution is -2.56. The summed E-state index contributed by atoms with van der Waals surface area (Å²) in [4.78, 5) is 26.2. The molecule has 3 unspecified atom stereocenters.